The summed E-state index contributed by atoms with van der Waals surface area (Å²) in [7, 11) is 0. The second-order valence-electron chi connectivity index (χ2n) is 6.41. The highest BCUT2D eigenvalue weighted by atomic mass is 32.1. The Morgan fingerprint density at radius 1 is 1.19 bits per heavy atom. The zero-order valence-corrected chi connectivity index (χ0v) is 18.6. The number of esters is 1. The summed E-state index contributed by atoms with van der Waals surface area (Å²) in [5, 5.41) is 7.53. The predicted octanol–water partition coefficient (Wildman–Crippen LogP) is 4.14. The van der Waals surface area contributed by atoms with E-state index in [0.29, 0.717) is 15.3 Å². The van der Waals surface area contributed by atoms with Gasteiger partial charge in [0.2, 0.25) is 5.78 Å². The first-order valence-electron chi connectivity index (χ1n) is 9.33. The number of Topliss-reactive ketones (excluding diaryl/α,β-unsaturated/α-hetero) is 2. The molecule has 0 saturated carbocycles. The van der Waals surface area contributed by atoms with Crippen molar-refractivity contribution in [3.05, 3.63) is 62.6 Å². The Morgan fingerprint density at radius 3 is 2.55 bits per heavy atom. The molecular weight excluding hydrogens is 440 g/mol. The van der Waals surface area contributed by atoms with Crippen LogP contribution in [-0.2, 0) is 4.74 Å². The number of nitrogens with one attached hydrogen (secondary N) is 2. The number of carbonyl (C=O) groups is 4. The Morgan fingerprint density at radius 2 is 1.97 bits per heavy atom. The summed E-state index contributed by atoms with van der Waals surface area (Å²) in [4.78, 5) is 51.0. The van der Waals surface area contributed by atoms with E-state index in [4.69, 9.17) is 9.15 Å². The zero-order valence-electron chi connectivity index (χ0n) is 17.0. The number of thiophene rings is 2. The minimum Gasteiger partial charge on any atom is -0.462 e. The predicted molar refractivity (Wildman–Crippen MR) is 117 cm³/mol. The molecule has 0 bridgehead atoms. The molecule has 162 valence electrons. The van der Waals surface area contributed by atoms with Crippen molar-refractivity contribution < 1.29 is 28.3 Å². The van der Waals surface area contributed by atoms with Crippen LogP contribution >= 0.6 is 22.7 Å². The minimum absolute atomic E-state index is 0.0307. The summed E-state index contributed by atoms with van der Waals surface area (Å²) in [6, 6.07) is 6.37. The van der Waals surface area contributed by atoms with Gasteiger partial charge < -0.3 is 19.8 Å². The first-order valence-corrected chi connectivity index (χ1v) is 11.0. The molecule has 8 nitrogen and oxygen atoms in total. The molecule has 3 aromatic heterocycles. The van der Waals surface area contributed by atoms with Gasteiger partial charge in [0.1, 0.15) is 5.00 Å². The van der Waals surface area contributed by atoms with E-state index < -0.39 is 23.8 Å². The molecule has 0 aromatic carbocycles. The highest BCUT2D eigenvalue weighted by Crippen LogP contribution is 2.34. The molecule has 1 atom stereocenters. The molecule has 0 radical (unpaired) electrons. The van der Waals surface area contributed by atoms with Gasteiger partial charge >= 0.3 is 5.97 Å². The molecule has 0 aliphatic carbocycles. The lowest BCUT2D eigenvalue weighted by Gasteiger charge is -2.19. The van der Waals surface area contributed by atoms with Crippen LogP contribution in [0.25, 0.3) is 0 Å². The van der Waals surface area contributed by atoms with Gasteiger partial charge in [0.05, 0.1) is 28.2 Å². The molecule has 31 heavy (non-hydrogen) atoms. The van der Waals surface area contributed by atoms with Gasteiger partial charge in [-0.3, -0.25) is 14.4 Å². The highest BCUT2D eigenvalue weighted by molar-refractivity contribution is 7.18. The third kappa shape index (κ3) is 4.92. The topological polar surface area (TPSA) is 115 Å². The minimum atomic E-state index is -1.21. The maximum atomic E-state index is 13.1. The van der Waals surface area contributed by atoms with Crippen LogP contribution in [0.15, 0.2) is 40.3 Å². The van der Waals surface area contributed by atoms with E-state index in [-0.39, 0.29) is 28.7 Å². The number of hydrogen-bond donors (Lipinski definition) is 2. The van der Waals surface area contributed by atoms with Crippen molar-refractivity contribution in [1.29, 1.82) is 0 Å². The summed E-state index contributed by atoms with van der Waals surface area (Å²) < 4.78 is 10.2. The van der Waals surface area contributed by atoms with E-state index in [1.807, 2.05) is 0 Å². The monoisotopic (exact) mass is 460 g/mol. The fourth-order valence-corrected chi connectivity index (χ4v) is 4.68. The Balaban J connectivity index is 1.99. The average molecular weight is 461 g/mol. The SMILES string of the molecule is CCOC(=O)c1c(NC(NC(=O)c2ccco2)C(=O)c2cccs2)sc(C(C)=O)c1C. The Kier molecular flexibility index (Phi) is 7.03. The van der Waals surface area contributed by atoms with Crippen molar-refractivity contribution in [3.8, 4) is 0 Å². The smallest absolute Gasteiger partial charge is 0.341 e. The van der Waals surface area contributed by atoms with Crippen molar-refractivity contribution in [2.45, 2.75) is 26.9 Å². The molecule has 3 heterocycles. The van der Waals surface area contributed by atoms with Gasteiger partial charge in [0, 0.05) is 0 Å². The molecule has 0 fully saturated rings. The quantitative estimate of drug-likeness (QED) is 0.280. The van der Waals surface area contributed by atoms with Crippen LogP contribution in [0.3, 0.4) is 0 Å². The summed E-state index contributed by atoms with van der Waals surface area (Å²) >= 11 is 2.25. The molecule has 1 unspecified atom stereocenters. The number of carbonyl (C=O) groups excluding carboxylic acids is 4. The lowest BCUT2D eigenvalue weighted by Crippen LogP contribution is -2.46. The number of ether oxygens (including phenoxy) is 1. The number of ketones is 2. The normalized spacial score (nSPS) is 11.6. The molecule has 0 aliphatic rings. The van der Waals surface area contributed by atoms with E-state index in [0.717, 1.165) is 11.3 Å². The van der Waals surface area contributed by atoms with Crippen LogP contribution < -0.4 is 10.6 Å². The fourth-order valence-electron chi connectivity index (χ4n) is 2.87. The van der Waals surface area contributed by atoms with Crippen LogP contribution in [0.5, 0.6) is 0 Å². The van der Waals surface area contributed by atoms with Gasteiger partial charge in [-0.15, -0.1) is 22.7 Å². The first kappa shape index (κ1) is 22.4. The summed E-state index contributed by atoms with van der Waals surface area (Å²) in [5.41, 5.74) is 0.617. The van der Waals surface area contributed by atoms with E-state index in [1.54, 1.807) is 37.4 Å². The standard InChI is InChI=1S/C21H20N2O6S2/c1-4-28-21(27)15-11(2)17(12(3)24)31-20(15)23-18(16(25)14-8-6-10-30-14)22-19(26)13-7-5-9-29-13/h5-10,18,23H,4H2,1-3H3,(H,22,26). The van der Waals surface area contributed by atoms with Gasteiger partial charge in [0.15, 0.2) is 17.7 Å². The molecule has 0 aliphatic heterocycles. The lowest BCUT2D eigenvalue weighted by atomic mass is 10.1. The van der Waals surface area contributed by atoms with Crippen molar-refractivity contribution in [2.75, 3.05) is 11.9 Å². The average Bonchev–Trinajstić information content (AvgIpc) is 3.48. The molecular formula is C21H20N2O6S2. The van der Waals surface area contributed by atoms with Crippen molar-refractivity contribution in [1.82, 2.24) is 5.32 Å². The highest BCUT2D eigenvalue weighted by Gasteiger charge is 2.30. The summed E-state index contributed by atoms with van der Waals surface area (Å²) in [6.07, 6.45) is 0.140. The molecule has 0 saturated heterocycles. The van der Waals surface area contributed by atoms with Crippen molar-refractivity contribution in [2.24, 2.45) is 0 Å². The molecule has 0 spiro atoms. The fraction of sp³-hybridized carbons (Fsp3) is 0.238. The van der Waals surface area contributed by atoms with E-state index >= 15 is 0 Å². The summed E-state index contributed by atoms with van der Waals surface area (Å²) in [5.74, 6) is -1.82. The molecule has 3 aromatic rings. The van der Waals surface area contributed by atoms with Gasteiger partial charge in [-0.1, -0.05) is 6.07 Å². The second kappa shape index (κ2) is 9.71. The molecule has 3 rings (SSSR count). The molecule has 10 heteroatoms. The van der Waals surface area contributed by atoms with E-state index in [2.05, 4.69) is 10.6 Å². The number of anilines is 1. The maximum Gasteiger partial charge on any atom is 0.341 e. The van der Waals surface area contributed by atoms with E-state index in [9.17, 15) is 19.2 Å². The summed E-state index contributed by atoms with van der Waals surface area (Å²) in [6.45, 7) is 4.85. The zero-order chi connectivity index (χ0) is 22.5. The van der Waals surface area contributed by atoms with Crippen molar-refractivity contribution >= 4 is 51.1 Å². The number of hydrogen-bond acceptors (Lipinski definition) is 9. The number of rotatable bonds is 9. The van der Waals surface area contributed by atoms with Gasteiger partial charge in [0.25, 0.3) is 5.91 Å². The van der Waals surface area contributed by atoms with Crippen LogP contribution in [0, 0.1) is 6.92 Å². The van der Waals surface area contributed by atoms with Gasteiger partial charge in [-0.25, -0.2) is 4.79 Å². The van der Waals surface area contributed by atoms with Crippen LogP contribution in [0.4, 0.5) is 5.00 Å². The third-order valence-corrected chi connectivity index (χ3v) is 6.48. The largest absolute Gasteiger partial charge is 0.462 e. The molecule has 1 amide bonds. The van der Waals surface area contributed by atoms with Gasteiger partial charge in [-0.05, 0) is 49.9 Å². The third-order valence-electron chi connectivity index (χ3n) is 4.27. The second-order valence-corrected chi connectivity index (χ2v) is 8.37. The molecule has 2 N–H and O–H groups in total. The van der Waals surface area contributed by atoms with Crippen LogP contribution in [0.1, 0.15) is 59.7 Å². The Bertz CT molecular complexity index is 1100. The van der Waals surface area contributed by atoms with E-state index in [1.165, 1.54) is 30.6 Å². The maximum absolute atomic E-state index is 13.1. The first-order chi connectivity index (χ1) is 14.8. The number of amides is 1. The van der Waals surface area contributed by atoms with Gasteiger partial charge in [-0.2, -0.15) is 0 Å². The Labute approximate surface area is 186 Å². The lowest BCUT2D eigenvalue weighted by molar-refractivity contribution is 0.0526. The van der Waals surface area contributed by atoms with Crippen LogP contribution in [0.2, 0.25) is 0 Å². The Hall–Kier alpha value is -3.24. The van der Waals surface area contributed by atoms with Crippen molar-refractivity contribution in [3.63, 3.8) is 0 Å². The number of furan rings is 1. The van der Waals surface area contributed by atoms with Crippen LogP contribution in [-0.4, -0.2) is 36.2 Å².